The van der Waals surface area contributed by atoms with Crippen molar-refractivity contribution < 1.29 is 5.11 Å². The minimum atomic E-state index is -0.509. The van der Waals surface area contributed by atoms with Crippen LogP contribution in [0.2, 0.25) is 0 Å². The summed E-state index contributed by atoms with van der Waals surface area (Å²) in [4.78, 5) is 4.35. The molecule has 2 aromatic rings. The molecule has 0 radical (unpaired) electrons. The van der Waals surface area contributed by atoms with Gasteiger partial charge < -0.3 is 5.11 Å². The number of rotatable bonds is 3. The van der Waals surface area contributed by atoms with Gasteiger partial charge in [-0.2, -0.15) is 0 Å². The van der Waals surface area contributed by atoms with E-state index in [-0.39, 0.29) is 0 Å². The van der Waals surface area contributed by atoms with Crippen molar-refractivity contribution in [3.8, 4) is 0 Å². The van der Waals surface area contributed by atoms with Crippen molar-refractivity contribution in [2.45, 2.75) is 19.4 Å². The van der Waals surface area contributed by atoms with Crippen LogP contribution >= 0.6 is 43.2 Å². The number of hydrogen-bond donors (Lipinski definition) is 1. The molecule has 0 bridgehead atoms. The number of nitrogens with zero attached hydrogens (tertiary/aromatic N) is 1. The molecule has 0 aliphatic carbocycles. The average Bonchev–Trinajstić information content (AvgIpc) is 2.68. The highest BCUT2D eigenvalue weighted by Crippen LogP contribution is 2.28. The number of aryl methyl sites for hydroxylation is 1. The summed E-state index contributed by atoms with van der Waals surface area (Å²) >= 11 is 8.43. The van der Waals surface area contributed by atoms with E-state index in [4.69, 9.17) is 0 Å². The molecule has 1 aromatic carbocycles. The lowest BCUT2D eigenvalue weighted by atomic mass is 10.1. The molecule has 0 aliphatic rings. The Morgan fingerprint density at radius 2 is 2.12 bits per heavy atom. The molecule has 1 unspecified atom stereocenters. The maximum absolute atomic E-state index is 10.1. The van der Waals surface area contributed by atoms with Gasteiger partial charge in [-0.1, -0.05) is 6.07 Å². The standard InChI is InChI=1S/C12H11Br2NOS/c1-7-6-17-12(15-7)5-11(16)8-2-3-9(13)10(14)4-8/h2-4,6,11,16H,5H2,1H3. The fourth-order valence-corrected chi connectivity index (χ4v) is 2.95. The van der Waals surface area contributed by atoms with Crippen molar-refractivity contribution in [2.75, 3.05) is 0 Å². The van der Waals surface area contributed by atoms with Gasteiger partial charge in [0.25, 0.3) is 0 Å². The summed E-state index contributed by atoms with van der Waals surface area (Å²) < 4.78 is 1.93. The average molecular weight is 377 g/mol. The van der Waals surface area contributed by atoms with Crippen molar-refractivity contribution in [3.05, 3.63) is 48.8 Å². The van der Waals surface area contributed by atoms with Crippen molar-refractivity contribution in [1.82, 2.24) is 4.98 Å². The molecule has 17 heavy (non-hydrogen) atoms. The van der Waals surface area contributed by atoms with Crippen LogP contribution < -0.4 is 0 Å². The highest BCUT2D eigenvalue weighted by molar-refractivity contribution is 9.13. The quantitative estimate of drug-likeness (QED) is 0.868. The number of benzene rings is 1. The Morgan fingerprint density at radius 1 is 1.35 bits per heavy atom. The van der Waals surface area contributed by atoms with Crippen LogP contribution in [0, 0.1) is 6.92 Å². The van der Waals surface area contributed by atoms with Crippen LogP contribution in [-0.4, -0.2) is 10.1 Å². The van der Waals surface area contributed by atoms with Crippen molar-refractivity contribution in [1.29, 1.82) is 0 Å². The second kappa shape index (κ2) is 5.61. The third kappa shape index (κ3) is 3.37. The molecule has 0 aliphatic heterocycles. The van der Waals surface area contributed by atoms with E-state index in [2.05, 4.69) is 36.8 Å². The van der Waals surface area contributed by atoms with Gasteiger partial charge in [-0.15, -0.1) is 11.3 Å². The van der Waals surface area contributed by atoms with E-state index in [1.165, 1.54) is 0 Å². The molecule has 2 nitrogen and oxygen atoms in total. The van der Waals surface area contributed by atoms with Crippen LogP contribution in [0.15, 0.2) is 32.5 Å². The summed E-state index contributed by atoms with van der Waals surface area (Å²) in [6.07, 6.45) is 0.0528. The molecule has 0 fully saturated rings. The van der Waals surface area contributed by atoms with Gasteiger partial charge in [0.05, 0.1) is 11.1 Å². The van der Waals surface area contributed by atoms with Crippen LogP contribution in [0.4, 0.5) is 0 Å². The molecule has 1 aromatic heterocycles. The Labute approximate surface area is 121 Å². The first-order chi connectivity index (χ1) is 8.06. The number of aliphatic hydroxyl groups excluding tert-OH is 1. The maximum atomic E-state index is 10.1. The number of halogens is 2. The largest absolute Gasteiger partial charge is 0.388 e. The number of thiazole rings is 1. The normalized spacial score (nSPS) is 12.7. The predicted octanol–water partition coefficient (Wildman–Crippen LogP) is 4.25. The number of hydrogen-bond acceptors (Lipinski definition) is 3. The Morgan fingerprint density at radius 3 is 2.71 bits per heavy atom. The van der Waals surface area contributed by atoms with Crippen molar-refractivity contribution >= 4 is 43.2 Å². The van der Waals surface area contributed by atoms with Crippen molar-refractivity contribution in [3.63, 3.8) is 0 Å². The minimum Gasteiger partial charge on any atom is -0.388 e. The molecule has 0 saturated carbocycles. The van der Waals surface area contributed by atoms with E-state index in [1.807, 2.05) is 30.5 Å². The SMILES string of the molecule is Cc1csc(CC(O)c2ccc(Br)c(Br)c2)n1. The van der Waals surface area contributed by atoms with Crippen LogP contribution in [0.5, 0.6) is 0 Å². The first-order valence-electron chi connectivity index (χ1n) is 5.10. The fourth-order valence-electron chi connectivity index (χ4n) is 1.50. The highest BCUT2D eigenvalue weighted by atomic mass is 79.9. The highest BCUT2D eigenvalue weighted by Gasteiger charge is 2.12. The fraction of sp³-hybridized carbons (Fsp3) is 0.250. The summed E-state index contributed by atoms with van der Waals surface area (Å²) in [5.41, 5.74) is 1.90. The van der Waals surface area contributed by atoms with Gasteiger partial charge in [-0.3, -0.25) is 0 Å². The number of aromatic nitrogens is 1. The summed E-state index contributed by atoms with van der Waals surface area (Å²) in [7, 11) is 0. The lowest BCUT2D eigenvalue weighted by Gasteiger charge is -2.10. The minimum absolute atomic E-state index is 0.509. The molecule has 2 rings (SSSR count). The van der Waals surface area contributed by atoms with Crippen LogP contribution in [0.3, 0.4) is 0 Å². The predicted molar refractivity (Wildman–Crippen MR) is 77.4 cm³/mol. The zero-order valence-electron chi connectivity index (χ0n) is 9.15. The van der Waals surface area contributed by atoms with E-state index < -0.39 is 6.10 Å². The first kappa shape index (κ1) is 13.2. The zero-order chi connectivity index (χ0) is 12.4. The molecule has 5 heteroatoms. The van der Waals surface area contributed by atoms with Gasteiger partial charge in [0, 0.05) is 26.4 Å². The van der Waals surface area contributed by atoms with Gasteiger partial charge in [-0.25, -0.2) is 4.98 Å². The zero-order valence-corrected chi connectivity index (χ0v) is 13.1. The molecule has 0 saturated heterocycles. The smallest absolute Gasteiger partial charge is 0.0957 e. The molecule has 0 spiro atoms. The Balaban J connectivity index is 2.14. The number of aliphatic hydroxyl groups is 1. The van der Waals surface area contributed by atoms with Crippen LogP contribution in [-0.2, 0) is 6.42 Å². The maximum Gasteiger partial charge on any atom is 0.0957 e. The molecular weight excluding hydrogens is 366 g/mol. The topological polar surface area (TPSA) is 33.1 Å². The first-order valence-corrected chi connectivity index (χ1v) is 7.57. The molecule has 1 heterocycles. The van der Waals surface area contributed by atoms with Crippen LogP contribution in [0.25, 0.3) is 0 Å². The third-order valence-electron chi connectivity index (χ3n) is 2.36. The molecule has 1 atom stereocenters. The summed E-state index contributed by atoms with van der Waals surface area (Å²) in [6.45, 7) is 1.96. The Bertz CT molecular complexity index is 527. The summed E-state index contributed by atoms with van der Waals surface area (Å²) in [5.74, 6) is 0. The van der Waals surface area contributed by atoms with E-state index in [9.17, 15) is 5.11 Å². The molecule has 90 valence electrons. The Hall–Kier alpha value is -0.230. The van der Waals surface area contributed by atoms with Gasteiger partial charge in [0.1, 0.15) is 0 Å². The van der Waals surface area contributed by atoms with Gasteiger partial charge in [-0.05, 0) is 56.5 Å². The van der Waals surface area contributed by atoms with Crippen molar-refractivity contribution in [2.24, 2.45) is 0 Å². The van der Waals surface area contributed by atoms with E-state index in [1.54, 1.807) is 11.3 Å². The molecule has 0 amide bonds. The second-order valence-corrected chi connectivity index (χ2v) is 6.43. The molecule has 1 N–H and O–H groups in total. The lowest BCUT2D eigenvalue weighted by Crippen LogP contribution is -2.01. The monoisotopic (exact) mass is 375 g/mol. The van der Waals surface area contributed by atoms with E-state index in [0.717, 1.165) is 25.2 Å². The van der Waals surface area contributed by atoms with E-state index in [0.29, 0.717) is 6.42 Å². The van der Waals surface area contributed by atoms with E-state index >= 15 is 0 Å². The van der Waals surface area contributed by atoms with Gasteiger partial charge in [0.15, 0.2) is 0 Å². The lowest BCUT2D eigenvalue weighted by molar-refractivity contribution is 0.178. The summed E-state index contributed by atoms with van der Waals surface area (Å²) in [5, 5.41) is 13.1. The van der Waals surface area contributed by atoms with Gasteiger partial charge in [0.2, 0.25) is 0 Å². The third-order valence-corrected chi connectivity index (χ3v) is 5.23. The van der Waals surface area contributed by atoms with Gasteiger partial charge >= 0.3 is 0 Å². The summed E-state index contributed by atoms with van der Waals surface area (Å²) in [6, 6.07) is 5.77. The van der Waals surface area contributed by atoms with Crippen LogP contribution in [0.1, 0.15) is 22.4 Å². The Kier molecular flexibility index (Phi) is 4.36. The molecular formula is C12H11Br2NOS. The second-order valence-electron chi connectivity index (χ2n) is 3.78.